The van der Waals surface area contributed by atoms with E-state index in [4.69, 9.17) is 21.1 Å². The quantitative estimate of drug-likeness (QED) is 0.702. The lowest BCUT2D eigenvalue weighted by atomic mass is 10.1. The summed E-state index contributed by atoms with van der Waals surface area (Å²) in [6.45, 7) is 0.597. The first-order valence-corrected chi connectivity index (χ1v) is 7.59. The van der Waals surface area contributed by atoms with Crippen molar-refractivity contribution in [1.29, 1.82) is 0 Å². The zero-order chi connectivity index (χ0) is 14.7. The molecule has 6 heteroatoms. The van der Waals surface area contributed by atoms with Gasteiger partial charge in [-0.1, -0.05) is 35.9 Å². The highest BCUT2D eigenvalue weighted by atomic mass is 35.5. The van der Waals surface area contributed by atoms with E-state index >= 15 is 0 Å². The van der Waals surface area contributed by atoms with Crippen molar-refractivity contribution in [1.82, 2.24) is 9.36 Å². The maximum absolute atomic E-state index is 6.20. The fourth-order valence-corrected chi connectivity index (χ4v) is 2.81. The third-order valence-electron chi connectivity index (χ3n) is 3.01. The second-order valence-electron chi connectivity index (χ2n) is 4.41. The highest BCUT2D eigenvalue weighted by molar-refractivity contribution is 7.07. The molecule has 0 saturated carbocycles. The average molecular weight is 321 g/mol. The Morgan fingerprint density at radius 1 is 1.14 bits per heavy atom. The molecular formula is C15H13ClN2O2S. The summed E-state index contributed by atoms with van der Waals surface area (Å²) in [7, 11) is 1.66. The number of fused-ring (bicyclic) bond motifs is 1. The molecule has 1 heterocycles. The monoisotopic (exact) mass is 320 g/mol. The number of nitrogens with zero attached hydrogens (tertiary/aromatic N) is 2. The van der Waals surface area contributed by atoms with Gasteiger partial charge in [0.15, 0.2) is 0 Å². The number of aromatic nitrogens is 2. The minimum Gasteiger partial charge on any atom is -0.429 e. The topological polar surface area (TPSA) is 44.2 Å². The standard InChI is InChI=1S/C15H13ClN2O2S/c1-19-9-8-14-17-15(21-18-14)20-13-7-6-12(16)10-4-2-3-5-11(10)13/h2-7H,8-9H2,1H3. The summed E-state index contributed by atoms with van der Waals surface area (Å²) in [5.41, 5.74) is 0. The van der Waals surface area contributed by atoms with Gasteiger partial charge in [0.1, 0.15) is 11.6 Å². The highest BCUT2D eigenvalue weighted by Gasteiger charge is 2.10. The lowest BCUT2D eigenvalue weighted by Crippen LogP contribution is -1.96. The molecule has 0 atom stereocenters. The molecule has 0 aliphatic rings. The molecule has 0 saturated heterocycles. The van der Waals surface area contributed by atoms with Crippen molar-refractivity contribution in [2.45, 2.75) is 6.42 Å². The third kappa shape index (κ3) is 3.15. The lowest BCUT2D eigenvalue weighted by Gasteiger charge is -2.07. The van der Waals surface area contributed by atoms with Crippen molar-refractivity contribution < 1.29 is 9.47 Å². The van der Waals surface area contributed by atoms with Gasteiger partial charge in [0, 0.05) is 40.9 Å². The van der Waals surface area contributed by atoms with E-state index < -0.39 is 0 Å². The second kappa shape index (κ2) is 6.39. The Bertz CT molecular complexity index is 760. The number of benzene rings is 2. The summed E-state index contributed by atoms with van der Waals surface area (Å²) >= 11 is 7.43. The van der Waals surface area contributed by atoms with Crippen LogP contribution in [0, 0.1) is 0 Å². The molecule has 0 spiro atoms. The van der Waals surface area contributed by atoms with E-state index in [9.17, 15) is 0 Å². The van der Waals surface area contributed by atoms with Crippen LogP contribution in [-0.2, 0) is 11.2 Å². The van der Waals surface area contributed by atoms with E-state index in [1.165, 1.54) is 11.5 Å². The number of methoxy groups -OCH3 is 1. The summed E-state index contributed by atoms with van der Waals surface area (Å²) in [4.78, 5) is 4.34. The number of halogens is 1. The molecule has 0 aliphatic carbocycles. The van der Waals surface area contributed by atoms with Crippen molar-refractivity contribution in [3.05, 3.63) is 47.2 Å². The predicted molar refractivity (Wildman–Crippen MR) is 84.5 cm³/mol. The van der Waals surface area contributed by atoms with E-state index in [1.807, 2.05) is 36.4 Å². The molecule has 0 aliphatic heterocycles. The van der Waals surface area contributed by atoms with Gasteiger partial charge in [-0.2, -0.15) is 9.36 Å². The minimum absolute atomic E-state index is 0.522. The first-order chi connectivity index (χ1) is 10.3. The van der Waals surface area contributed by atoms with E-state index in [1.54, 1.807) is 7.11 Å². The van der Waals surface area contributed by atoms with Crippen LogP contribution in [0.5, 0.6) is 10.9 Å². The molecule has 3 rings (SSSR count). The maximum Gasteiger partial charge on any atom is 0.298 e. The highest BCUT2D eigenvalue weighted by Crippen LogP contribution is 2.34. The minimum atomic E-state index is 0.522. The molecule has 0 N–H and O–H groups in total. The number of hydrogen-bond donors (Lipinski definition) is 0. The average Bonchev–Trinajstić information content (AvgIpc) is 2.96. The van der Waals surface area contributed by atoms with Crippen molar-refractivity contribution in [2.24, 2.45) is 0 Å². The van der Waals surface area contributed by atoms with Gasteiger partial charge >= 0.3 is 0 Å². The largest absolute Gasteiger partial charge is 0.429 e. The second-order valence-corrected chi connectivity index (χ2v) is 5.53. The Morgan fingerprint density at radius 3 is 2.76 bits per heavy atom. The molecule has 0 amide bonds. The zero-order valence-corrected chi connectivity index (χ0v) is 12.9. The van der Waals surface area contributed by atoms with Crippen LogP contribution in [0.1, 0.15) is 5.82 Å². The van der Waals surface area contributed by atoms with Gasteiger partial charge < -0.3 is 9.47 Å². The summed E-state index contributed by atoms with van der Waals surface area (Å²) < 4.78 is 15.1. The molecule has 0 unspecified atom stereocenters. The molecule has 108 valence electrons. The van der Waals surface area contributed by atoms with Crippen LogP contribution >= 0.6 is 23.1 Å². The maximum atomic E-state index is 6.20. The molecule has 0 radical (unpaired) electrons. The number of ether oxygens (including phenoxy) is 2. The number of rotatable bonds is 5. The van der Waals surface area contributed by atoms with Crippen molar-refractivity contribution in [3.63, 3.8) is 0 Å². The lowest BCUT2D eigenvalue weighted by molar-refractivity contribution is 0.200. The SMILES string of the molecule is COCCc1nsc(Oc2ccc(Cl)c3ccccc23)n1. The smallest absolute Gasteiger partial charge is 0.298 e. The van der Waals surface area contributed by atoms with E-state index in [2.05, 4.69) is 9.36 Å². The van der Waals surface area contributed by atoms with E-state index in [0.717, 1.165) is 22.3 Å². The molecule has 1 aromatic heterocycles. The molecule has 0 fully saturated rings. The van der Waals surface area contributed by atoms with Crippen molar-refractivity contribution in [2.75, 3.05) is 13.7 Å². The zero-order valence-electron chi connectivity index (χ0n) is 11.4. The first-order valence-electron chi connectivity index (χ1n) is 6.44. The van der Waals surface area contributed by atoms with Crippen LogP contribution in [-0.4, -0.2) is 23.1 Å². The predicted octanol–water partition coefficient (Wildman–Crippen LogP) is 4.33. The van der Waals surface area contributed by atoms with Crippen molar-refractivity contribution in [3.8, 4) is 10.9 Å². The summed E-state index contributed by atoms with van der Waals surface area (Å²) in [6, 6.07) is 11.5. The number of hydrogen-bond acceptors (Lipinski definition) is 5. The van der Waals surface area contributed by atoms with Gasteiger partial charge in [0.05, 0.1) is 6.61 Å². The van der Waals surface area contributed by atoms with Gasteiger partial charge in [0.25, 0.3) is 5.19 Å². The normalized spacial score (nSPS) is 11.0. The summed E-state index contributed by atoms with van der Waals surface area (Å²) in [5, 5.41) is 3.14. The molecule has 2 aromatic carbocycles. The fraction of sp³-hybridized carbons (Fsp3) is 0.200. The van der Waals surface area contributed by atoms with Crippen LogP contribution < -0.4 is 4.74 Å². The van der Waals surface area contributed by atoms with Gasteiger partial charge in [-0.15, -0.1) is 0 Å². The van der Waals surface area contributed by atoms with Crippen LogP contribution in [0.15, 0.2) is 36.4 Å². The summed E-state index contributed by atoms with van der Waals surface area (Å²) in [6.07, 6.45) is 0.678. The third-order valence-corrected chi connectivity index (χ3v) is 3.97. The van der Waals surface area contributed by atoms with Crippen LogP contribution in [0.4, 0.5) is 0 Å². The van der Waals surface area contributed by atoms with Gasteiger partial charge in [0.2, 0.25) is 0 Å². The van der Waals surface area contributed by atoms with Crippen LogP contribution in [0.3, 0.4) is 0 Å². The molecular weight excluding hydrogens is 308 g/mol. The molecule has 21 heavy (non-hydrogen) atoms. The Hall–Kier alpha value is -1.69. The van der Waals surface area contributed by atoms with Crippen LogP contribution in [0.25, 0.3) is 10.8 Å². The van der Waals surface area contributed by atoms with Crippen LogP contribution in [0.2, 0.25) is 5.02 Å². The van der Waals surface area contributed by atoms with E-state index in [-0.39, 0.29) is 0 Å². The molecule has 3 aromatic rings. The Morgan fingerprint density at radius 2 is 1.95 bits per heavy atom. The van der Waals surface area contributed by atoms with Crippen molar-refractivity contribution >= 4 is 33.9 Å². The van der Waals surface area contributed by atoms with Gasteiger partial charge in [-0.25, -0.2) is 0 Å². The Balaban J connectivity index is 1.88. The fourth-order valence-electron chi connectivity index (χ4n) is 1.99. The van der Waals surface area contributed by atoms with Gasteiger partial charge in [-0.05, 0) is 12.1 Å². The summed E-state index contributed by atoms with van der Waals surface area (Å²) in [5.74, 6) is 1.46. The Kier molecular flexibility index (Phi) is 4.34. The van der Waals surface area contributed by atoms with Gasteiger partial charge in [-0.3, -0.25) is 0 Å². The molecule has 4 nitrogen and oxygen atoms in total. The first kappa shape index (κ1) is 14.3. The Labute approximate surface area is 131 Å². The van der Waals surface area contributed by atoms with E-state index in [0.29, 0.717) is 23.2 Å². The molecule has 0 bridgehead atoms.